The number of carbonyl (C=O) groups is 2. The van der Waals surface area contributed by atoms with Gasteiger partial charge in [-0.05, 0) is 54.5 Å². The second-order valence-electron chi connectivity index (χ2n) is 7.60. The van der Waals surface area contributed by atoms with Crippen molar-refractivity contribution < 1.29 is 23.8 Å². The van der Waals surface area contributed by atoms with Crippen LogP contribution in [0.2, 0.25) is 0 Å². The molecule has 0 radical (unpaired) electrons. The minimum absolute atomic E-state index is 0.0564. The van der Waals surface area contributed by atoms with Crippen LogP contribution < -0.4 is 4.74 Å². The summed E-state index contributed by atoms with van der Waals surface area (Å²) in [7, 11) is 0. The fourth-order valence-corrected chi connectivity index (χ4v) is 3.96. The number of halogens is 1. The van der Waals surface area contributed by atoms with Gasteiger partial charge in [0, 0.05) is 24.7 Å². The molecule has 0 aromatic heterocycles. The van der Waals surface area contributed by atoms with Crippen molar-refractivity contribution in [2.24, 2.45) is 17.8 Å². The summed E-state index contributed by atoms with van der Waals surface area (Å²) in [6, 6.07) is 13.0. The number of ether oxygens (including phenoxy) is 1. The first-order valence-electron chi connectivity index (χ1n) is 9.50. The van der Waals surface area contributed by atoms with Gasteiger partial charge < -0.3 is 14.7 Å². The van der Waals surface area contributed by atoms with Gasteiger partial charge in [-0.2, -0.15) is 0 Å². The molecule has 2 atom stereocenters. The second-order valence-corrected chi connectivity index (χ2v) is 7.60. The summed E-state index contributed by atoms with van der Waals surface area (Å²) >= 11 is 0. The van der Waals surface area contributed by atoms with Crippen molar-refractivity contribution in [2.45, 2.75) is 19.4 Å². The van der Waals surface area contributed by atoms with Gasteiger partial charge in [0.05, 0.1) is 5.92 Å². The fourth-order valence-electron chi connectivity index (χ4n) is 3.96. The van der Waals surface area contributed by atoms with Crippen molar-refractivity contribution in [3.63, 3.8) is 0 Å². The summed E-state index contributed by atoms with van der Waals surface area (Å²) in [6.07, 6.45) is 2.12. The molecule has 146 valence electrons. The van der Waals surface area contributed by atoms with Crippen LogP contribution in [0, 0.1) is 23.6 Å². The molecule has 1 amide bonds. The molecule has 0 spiro atoms. The largest absolute Gasteiger partial charge is 0.489 e. The zero-order valence-corrected chi connectivity index (χ0v) is 15.4. The van der Waals surface area contributed by atoms with Crippen LogP contribution in [-0.2, 0) is 11.4 Å². The van der Waals surface area contributed by atoms with Crippen molar-refractivity contribution in [1.29, 1.82) is 0 Å². The van der Waals surface area contributed by atoms with Gasteiger partial charge in [0.15, 0.2) is 0 Å². The van der Waals surface area contributed by atoms with Crippen LogP contribution in [0.15, 0.2) is 48.5 Å². The molecule has 1 heterocycles. The number of hydrogen-bond donors (Lipinski definition) is 1. The number of amides is 1. The molecular weight excluding hydrogens is 361 g/mol. The van der Waals surface area contributed by atoms with Crippen molar-refractivity contribution in [3.05, 3.63) is 65.5 Å². The molecule has 2 aromatic carbocycles. The van der Waals surface area contributed by atoms with Crippen LogP contribution in [0.1, 0.15) is 28.8 Å². The predicted octanol–water partition coefficient (Wildman–Crippen LogP) is 3.59. The third-order valence-corrected chi connectivity index (χ3v) is 5.57. The average Bonchev–Trinajstić information content (AvgIpc) is 3.44. The van der Waals surface area contributed by atoms with Crippen LogP contribution in [0.25, 0.3) is 0 Å². The molecular formula is C22H22FNO4. The molecule has 6 heteroatoms. The fraction of sp³-hybridized carbons (Fsp3) is 0.364. The number of likely N-dealkylation sites (tertiary alicyclic amines) is 1. The number of carboxylic acid groups (broad SMARTS) is 1. The number of carbonyl (C=O) groups excluding carboxylic acids is 1. The van der Waals surface area contributed by atoms with Crippen molar-refractivity contribution in [2.75, 3.05) is 13.1 Å². The molecule has 28 heavy (non-hydrogen) atoms. The number of aliphatic carboxylic acids is 1. The number of carboxylic acids is 1. The molecule has 1 N–H and O–H groups in total. The van der Waals surface area contributed by atoms with E-state index in [1.165, 1.54) is 12.1 Å². The van der Waals surface area contributed by atoms with Crippen molar-refractivity contribution in [3.8, 4) is 5.75 Å². The van der Waals surface area contributed by atoms with Gasteiger partial charge in [0.1, 0.15) is 18.2 Å². The average molecular weight is 383 g/mol. The predicted molar refractivity (Wildman–Crippen MR) is 100 cm³/mol. The Morgan fingerprint density at radius 1 is 1.11 bits per heavy atom. The first kappa shape index (κ1) is 18.5. The van der Waals surface area contributed by atoms with E-state index in [1.807, 2.05) is 6.07 Å². The molecule has 0 unspecified atom stereocenters. The van der Waals surface area contributed by atoms with E-state index in [-0.39, 0.29) is 30.8 Å². The minimum atomic E-state index is -0.815. The van der Waals surface area contributed by atoms with Gasteiger partial charge >= 0.3 is 5.97 Å². The van der Waals surface area contributed by atoms with Gasteiger partial charge in [-0.1, -0.05) is 18.2 Å². The number of benzene rings is 2. The van der Waals surface area contributed by atoms with E-state index in [1.54, 1.807) is 35.2 Å². The zero-order valence-electron chi connectivity index (χ0n) is 15.4. The summed E-state index contributed by atoms with van der Waals surface area (Å²) in [5.41, 5.74) is 1.31. The number of hydrogen-bond acceptors (Lipinski definition) is 3. The molecule has 5 nitrogen and oxygen atoms in total. The summed E-state index contributed by atoms with van der Waals surface area (Å²) in [5.74, 6) is -0.894. The quantitative estimate of drug-likeness (QED) is 0.828. The highest BCUT2D eigenvalue weighted by molar-refractivity contribution is 5.95. The molecule has 2 aliphatic rings. The summed E-state index contributed by atoms with van der Waals surface area (Å²) in [6.45, 7) is 0.983. The van der Waals surface area contributed by atoms with Gasteiger partial charge in [-0.3, -0.25) is 9.59 Å². The SMILES string of the molecule is O=C(O)[C@H]1CN(C(=O)c2cccc(COc3cccc(F)c3)c2)C[C@@H]1C1CC1. The molecule has 0 bridgehead atoms. The Hall–Kier alpha value is -2.89. The molecule has 1 saturated heterocycles. The molecule has 1 aliphatic heterocycles. The monoisotopic (exact) mass is 383 g/mol. The lowest BCUT2D eigenvalue weighted by atomic mass is 9.92. The van der Waals surface area contributed by atoms with Crippen molar-refractivity contribution in [1.82, 2.24) is 4.90 Å². The smallest absolute Gasteiger partial charge is 0.308 e. The maximum absolute atomic E-state index is 13.2. The van der Waals surface area contributed by atoms with Gasteiger partial charge in [-0.15, -0.1) is 0 Å². The Labute approximate surface area is 162 Å². The van der Waals surface area contributed by atoms with E-state index in [4.69, 9.17) is 4.74 Å². The summed E-state index contributed by atoms with van der Waals surface area (Å²) in [4.78, 5) is 26.1. The lowest BCUT2D eigenvalue weighted by Gasteiger charge is -2.17. The van der Waals surface area contributed by atoms with Gasteiger partial charge in [0.2, 0.25) is 0 Å². The van der Waals surface area contributed by atoms with Gasteiger partial charge in [0.25, 0.3) is 5.91 Å². The normalized spacial score (nSPS) is 21.5. The Balaban J connectivity index is 1.43. The molecule has 2 fully saturated rings. The van der Waals surface area contributed by atoms with E-state index in [0.29, 0.717) is 23.8 Å². The van der Waals surface area contributed by atoms with Crippen LogP contribution in [0.4, 0.5) is 4.39 Å². The Kier molecular flexibility index (Phi) is 5.03. The summed E-state index contributed by atoms with van der Waals surface area (Å²) in [5, 5.41) is 9.49. The molecule has 2 aromatic rings. The Morgan fingerprint density at radius 2 is 1.89 bits per heavy atom. The zero-order chi connectivity index (χ0) is 19.7. The minimum Gasteiger partial charge on any atom is -0.489 e. The highest BCUT2D eigenvalue weighted by Gasteiger charge is 2.46. The molecule has 4 rings (SSSR count). The topological polar surface area (TPSA) is 66.8 Å². The second kappa shape index (κ2) is 7.62. The summed E-state index contributed by atoms with van der Waals surface area (Å²) < 4.78 is 18.8. The maximum atomic E-state index is 13.2. The first-order chi connectivity index (χ1) is 13.5. The van der Waals surface area contributed by atoms with E-state index in [2.05, 4.69) is 0 Å². The lowest BCUT2D eigenvalue weighted by molar-refractivity contribution is -0.142. The highest BCUT2D eigenvalue weighted by Crippen LogP contribution is 2.44. The molecule has 1 saturated carbocycles. The number of nitrogens with zero attached hydrogens (tertiary/aromatic N) is 1. The standard InChI is InChI=1S/C22H22FNO4/c23-17-5-2-6-18(10-17)28-13-14-3-1-4-16(9-14)21(25)24-11-19(15-7-8-15)20(12-24)22(26)27/h1-6,9-10,15,19-20H,7-8,11-13H2,(H,26,27)/t19-,20+/m1/s1. The van der Waals surface area contributed by atoms with E-state index in [0.717, 1.165) is 18.4 Å². The third-order valence-electron chi connectivity index (χ3n) is 5.57. The van der Waals surface area contributed by atoms with Crippen LogP contribution in [-0.4, -0.2) is 35.0 Å². The van der Waals surface area contributed by atoms with Crippen LogP contribution >= 0.6 is 0 Å². The van der Waals surface area contributed by atoms with Crippen LogP contribution in [0.3, 0.4) is 0 Å². The third kappa shape index (κ3) is 4.01. The maximum Gasteiger partial charge on any atom is 0.308 e. The highest BCUT2D eigenvalue weighted by atomic mass is 19.1. The van der Waals surface area contributed by atoms with Crippen molar-refractivity contribution >= 4 is 11.9 Å². The van der Waals surface area contributed by atoms with Crippen LogP contribution in [0.5, 0.6) is 5.75 Å². The Morgan fingerprint density at radius 3 is 2.61 bits per heavy atom. The van der Waals surface area contributed by atoms with E-state index >= 15 is 0 Å². The van der Waals surface area contributed by atoms with Gasteiger partial charge in [-0.25, -0.2) is 4.39 Å². The first-order valence-corrected chi connectivity index (χ1v) is 9.50. The van der Waals surface area contributed by atoms with E-state index in [9.17, 15) is 19.1 Å². The Bertz CT molecular complexity index is 896. The lowest BCUT2D eigenvalue weighted by Crippen LogP contribution is -2.30. The molecule has 1 aliphatic carbocycles. The van der Waals surface area contributed by atoms with E-state index < -0.39 is 11.9 Å². The number of rotatable bonds is 6.